The van der Waals surface area contributed by atoms with Crippen molar-refractivity contribution in [3.8, 4) is 0 Å². The summed E-state index contributed by atoms with van der Waals surface area (Å²) in [7, 11) is 0. The Morgan fingerprint density at radius 3 is 2.67 bits per heavy atom. The molecule has 0 fully saturated rings. The lowest BCUT2D eigenvalue weighted by molar-refractivity contribution is -0.384. The van der Waals surface area contributed by atoms with Gasteiger partial charge in [-0.15, -0.1) is 0 Å². The number of anilines is 2. The van der Waals surface area contributed by atoms with E-state index in [1.54, 1.807) is 0 Å². The Labute approximate surface area is 125 Å². The van der Waals surface area contributed by atoms with Crippen molar-refractivity contribution >= 4 is 39.1 Å². The number of carbonyl (C=O) groups is 1. The molecule has 1 aromatic carbocycles. The Kier molecular flexibility index (Phi) is 4.13. The molecule has 7 nitrogen and oxygen atoms in total. The summed E-state index contributed by atoms with van der Waals surface area (Å²) >= 11 is 3.10. The van der Waals surface area contributed by atoms with Gasteiger partial charge in [0.25, 0.3) is 0 Å². The molecule has 0 amide bonds. The van der Waals surface area contributed by atoms with Gasteiger partial charge >= 0.3 is 11.7 Å². The van der Waals surface area contributed by atoms with Gasteiger partial charge in [0.2, 0.25) is 5.82 Å². The summed E-state index contributed by atoms with van der Waals surface area (Å²) in [5, 5.41) is 22.3. The third kappa shape index (κ3) is 3.14. The van der Waals surface area contributed by atoms with Crippen molar-refractivity contribution < 1.29 is 19.2 Å². The number of rotatable bonds is 4. The average molecular weight is 356 g/mol. The van der Waals surface area contributed by atoms with Crippen LogP contribution < -0.4 is 5.32 Å². The lowest BCUT2D eigenvalue weighted by atomic mass is 10.2. The van der Waals surface area contributed by atoms with Gasteiger partial charge in [-0.1, -0.05) is 6.07 Å². The highest BCUT2D eigenvalue weighted by Crippen LogP contribution is 2.31. The molecule has 0 radical (unpaired) electrons. The van der Waals surface area contributed by atoms with Crippen LogP contribution in [0.25, 0.3) is 0 Å². The Balaban J connectivity index is 2.53. The van der Waals surface area contributed by atoms with Crippen molar-refractivity contribution in [3.05, 3.63) is 56.4 Å². The Morgan fingerprint density at radius 1 is 1.38 bits per heavy atom. The van der Waals surface area contributed by atoms with E-state index in [1.807, 2.05) is 0 Å². The first kappa shape index (κ1) is 14.9. The summed E-state index contributed by atoms with van der Waals surface area (Å²) in [4.78, 5) is 24.7. The molecule has 0 aliphatic carbocycles. The van der Waals surface area contributed by atoms with Crippen molar-refractivity contribution in [2.24, 2.45) is 0 Å². The minimum atomic E-state index is -1.35. The molecule has 2 aromatic rings. The van der Waals surface area contributed by atoms with Crippen LogP contribution in [0.5, 0.6) is 0 Å². The number of nitro groups is 1. The lowest BCUT2D eigenvalue weighted by Gasteiger charge is -2.09. The van der Waals surface area contributed by atoms with E-state index in [1.165, 1.54) is 12.1 Å². The molecule has 0 saturated heterocycles. The number of aromatic nitrogens is 1. The molecule has 0 spiro atoms. The maximum Gasteiger partial charge on any atom is 0.354 e. The zero-order valence-corrected chi connectivity index (χ0v) is 11.8. The number of benzene rings is 1. The molecule has 108 valence electrons. The van der Waals surface area contributed by atoms with Crippen LogP contribution >= 0.6 is 15.9 Å². The zero-order chi connectivity index (χ0) is 15.6. The number of nitrogens with one attached hydrogen (secondary N) is 1. The standard InChI is InChI=1S/C12H7BrFN3O4/c13-6-2-1-3-7(14)10(6)16-11-9(17(20)21)5-4-8(15-11)12(18)19/h1-5H,(H,15,16)(H,18,19). The smallest absolute Gasteiger partial charge is 0.354 e. The Bertz CT molecular complexity index is 718. The van der Waals surface area contributed by atoms with Gasteiger partial charge in [0, 0.05) is 10.5 Å². The van der Waals surface area contributed by atoms with E-state index >= 15 is 0 Å². The van der Waals surface area contributed by atoms with Crippen LogP contribution in [0.1, 0.15) is 10.5 Å². The Morgan fingerprint density at radius 2 is 2.10 bits per heavy atom. The van der Waals surface area contributed by atoms with Gasteiger partial charge in [-0.2, -0.15) is 0 Å². The maximum absolute atomic E-state index is 13.7. The molecule has 21 heavy (non-hydrogen) atoms. The van der Waals surface area contributed by atoms with E-state index < -0.39 is 28.1 Å². The summed E-state index contributed by atoms with van der Waals surface area (Å²) in [6.45, 7) is 0. The second kappa shape index (κ2) is 5.83. The van der Waals surface area contributed by atoms with Gasteiger partial charge < -0.3 is 10.4 Å². The minimum Gasteiger partial charge on any atom is -0.477 e. The van der Waals surface area contributed by atoms with Gasteiger partial charge in [0.05, 0.1) is 10.6 Å². The van der Waals surface area contributed by atoms with Crippen LogP contribution in [0.4, 0.5) is 21.6 Å². The Hall–Kier alpha value is -2.55. The molecule has 0 aliphatic heterocycles. The SMILES string of the molecule is O=C(O)c1ccc([N+](=O)[O-])c(Nc2c(F)cccc2Br)n1. The van der Waals surface area contributed by atoms with E-state index in [-0.39, 0.29) is 11.5 Å². The summed E-state index contributed by atoms with van der Waals surface area (Å²) in [6.07, 6.45) is 0. The van der Waals surface area contributed by atoms with E-state index in [2.05, 4.69) is 26.2 Å². The number of carboxylic acids is 1. The first-order valence-corrected chi connectivity index (χ1v) is 6.29. The summed E-state index contributed by atoms with van der Waals surface area (Å²) < 4.78 is 14.0. The van der Waals surface area contributed by atoms with Crippen molar-refractivity contribution in [1.29, 1.82) is 0 Å². The molecular formula is C12H7BrFN3O4. The number of para-hydroxylation sites is 1. The zero-order valence-electron chi connectivity index (χ0n) is 10.2. The van der Waals surface area contributed by atoms with Crippen LogP contribution in [0.2, 0.25) is 0 Å². The van der Waals surface area contributed by atoms with Crippen LogP contribution in [-0.4, -0.2) is 21.0 Å². The molecule has 0 atom stereocenters. The van der Waals surface area contributed by atoms with Crippen LogP contribution in [0.3, 0.4) is 0 Å². The predicted octanol–water partition coefficient (Wildman–Crippen LogP) is 3.33. The summed E-state index contributed by atoms with van der Waals surface area (Å²) in [6, 6.07) is 6.12. The first-order valence-electron chi connectivity index (χ1n) is 5.50. The quantitative estimate of drug-likeness (QED) is 0.643. The molecule has 0 saturated carbocycles. The van der Waals surface area contributed by atoms with Crippen molar-refractivity contribution in [1.82, 2.24) is 4.98 Å². The minimum absolute atomic E-state index is 0.0735. The van der Waals surface area contributed by atoms with E-state index in [0.717, 1.165) is 18.2 Å². The fourth-order valence-electron chi connectivity index (χ4n) is 1.55. The van der Waals surface area contributed by atoms with Gasteiger partial charge in [0.1, 0.15) is 5.82 Å². The van der Waals surface area contributed by atoms with Crippen LogP contribution in [0, 0.1) is 15.9 Å². The summed E-state index contributed by atoms with van der Waals surface area (Å²) in [5.74, 6) is -2.37. The van der Waals surface area contributed by atoms with Gasteiger partial charge in [-0.3, -0.25) is 10.1 Å². The highest BCUT2D eigenvalue weighted by molar-refractivity contribution is 9.10. The molecule has 2 rings (SSSR count). The molecule has 1 heterocycles. The average Bonchev–Trinajstić information content (AvgIpc) is 2.42. The van der Waals surface area contributed by atoms with Crippen LogP contribution in [-0.2, 0) is 0 Å². The number of pyridine rings is 1. The fourth-order valence-corrected chi connectivity index (χ4v) is 1.99. The van der Waals surface area contributed by atoms with Crippen molar-refractivity contribution in [3.63, 3.8) is 0 Å². The predicted molar refractivity (Wildman–Crippen MR) is 75.2 cm³/mol. The van der Waals surface area contributed by atoms with Crippen LogP contribution in [0.15, 0.2) is 34.8 Å². The molecule has 0 unspecified atom stereocenters. The topological polar surface area (TPSA) is 105 Å². The van der Waals surface area contributed by atoms with Crippen molar-refractivity contribution in [2.75, 3.05) is 5.32 Å². The second-order valence-electron chi connectivity index (χ2n) is 3.85. The molecule has 9 heteroatoms. The summed E-state index contributed by atoms with van der Waals surface area (Å²) in [5.41, 5.74) is -0.929. The normalized spacial score (nSPS) is 10.2. The molecule has 0 aliphatic rings. The van der Waals surface area contributed by atoms with Gasteiger partial charge in [0.15, 0.2) is 5.69 Å². The molecule has 1 aromatic heterocycles. The number of carboxylic acid groups (broad SMARTS) is 1. The maximum atomic E-state index is 13.7. The molecule has 2 N–H and O–H groups in total. The number of hydrogen-bond donors (Lipinski definition) is 2. The number of nitrogens with zero attached hydrogens (tertiary/aromatic N) is 2. The molecular weight excluding hydrogens is 349 g/mol. The number of hydrogen-bond acceptors (Lipinski definition) is 5. The third-order valence-corrected chi connectivity index (χ3v) is 3.16. The largest absolute Gasteiger partial charge is 0.477 e. The van der Waals surface area contributed by atoms with E-state index in [0.29, 0.717) is 4.47 Å². The highest BCUT2D eigenvalue weighted by Gasteiger charge is 2.20. The highest BCUT2D eigenvalue weighted by atomic mass is 79.9. The van der Waals surface area contributed by atoms with E-state index in [4.69, 9.17) is 5.11 Å². The van der Waals surface area contributed by atoms with E-state index in [9.17, 15) is 19.3 Å². The first-order chi connectivity index (χ1) is 9.90. The van der Waals surface area contributed by atoms with Crippen molar-refractivity contribution in [2.45, 2.75) is 0 Å². The number of aromatic carboxylic acids is 1. The third-order valence-electron chi connectivity index (χ3n) is 2.50. The molecule has 0 bridgehead atoms. The lowest BCUT2D eigenvalue weighted by Crippen LogP contribution is -2.07. The fraction of sp³-hybridized carbons (Fsp3) is 0. The second-order valence-corrected chi connectivity index (χ2v) is 4.70. The number of halogens is 2. The monoisotopic (exact) mass is 355 g/mol. The van der Waals surface area contributed by atoms with Gasteiger partial charge in [-0.25, -0.2) is 14.2 Å². The van der Waals surface area contributed by atoms with Gasteiger partial charge in [-0.05, 0) is 34.1 Å².